The largest absolute Gasteiger partial charge is 0.490 e. The van der Waals surface area contributed by atoms with E-state index in [1.807, 2.05) is 0 Å². The van der Waals surface area contributed by atoms with Crippen LogP contribution in [0.2, 0.25) is 0 Å². The van der Waals surface area contributed by atoms with E-state index in [-0.39, 0.29) is 5.75 Å². The molecule has 0 amide bonds. The maximum absolute atomic E-state index is 12.4. The third-order valence-electron chi connectivity index (χ3n) is 1.77. The highest BCUT2D eigenvalue weighted by atomic mass is 19.3. The molecule has 1 aromatic rings. The first-order chi connectivity index (χ1) is 7.51. The Morgan fingerprint density at radius 2 is 2.06 bits per heavy atom. The molecule has 0 saturated carbocycles. The fourth-order valence-corrected chi connectivity index (χ4v) is 1.09. The Balaban J connectivity index is 3.43. The molecule has 88 valence electrons. The average molecular weight is 234 g/mol. The topological polar surface area (TPSA) is 74.5 Å². The second kappa shape index (κ2) is 4.69. The van der Waals surface area contributed by atoms with Crippen LogP contribution in [0, 0.1) is 10.1 Å². The van der Waals surface area contributed by atoms with Crippen LogP contribution in [-0.2, 0) is 0 Å². The van der Waals surface area contributed by atoms with Crippen molar-refractivity contribution < 1.29 is 23.2 Å². The van der Waals surface area contributed by atoms with E-state index in [9.17, 15) is 18.9 Å². The molecule has 1 aromatic heterocycles. The van der Waals surface area contributed by atoms with E-state index in [4.69, 9.17) is 0 Å². The lowest BCUT2D eigenvalue weighted by molar-refractivity contribution is -0.387. The van der Waals surface area contributed by atoms with E-state index < -0.39 is 28.6 Å². The zero-order chi connectivity index (χ0) is 12.3. The van der Waals surface area contributed by atoms with Crippen molar-refractivity contribution in [1.82, 2.24) is 4.98 Å². The Kier molecular flexibility index (Phi) is 3.54. The van der Waals surface area contributed by atoms with Gasteiger partial charge in [0.25, 0.3) is 12.3 Å². The fourth-order valence-electron chi connectivity index (χ4n) is 1.09. The molecule has 0 unspecified atom stereocenters. The molecule has 0 bridgehead atoms. The number of ether oxygens (including phenoxy) is 2. The zero-order valence-corrected chi connectivity index (χ0v) is 8.44. The Labute approximate surface area is 89.0 Å². The zero-order valence-electron chi connectivity index (χ0n) is 8.44. The summed E-state index contributed by atoms with van der Waals surface area (Å²) in [5.41, 5.74) is -1.21. The SMILES string of the molecule is COc1cc(C(F)F)nc(OC)c1[N+](=O)[O-]. The van der Waals surface area contributed by atoms with Crippen LogP contribution < -0.4 is 9.47 Å². The summed E-state index contributed by atoms with van der Waals surface area (Å²) in [6, 6.07) is 0.811. The summed E-state index contributed by atoms with van der Waals surface area (Å²) in [7, 11) is 2.24. The number of halogens is 2. The lowest BCUT2D eigenvalue weighted by atomic mass is 10.3. The third kappa shape index (κ3) is 2.15. The summed E-state index contributed by atoms with van der Waals surface area (Å²) in [4.78, 5) is 13.2. The van der Waals surface area contributed by atoms with Gasteiger partial charge in [-0.1, -0.05) is 0 Å². The van der Waals surface area contributed by atoms with Crippen LogP contribution in [0.5, 0.6) is 11.6 Å². The van der Waals surface area contributed by atoms with Gasteiger partial charge in [0.2, 0.25) is 5.75 Å². The molecule has 0 aliphatic rings. The van der Waals surface area contributed by atoms with Crippen molar-refractivity contribution in [3.63, 3.8) is 0 Å². The smallest absolute Gasteiger partial charge is 0.372 e. The molecule has 8 heteroatoms. The highest BCUT2D eigenvalue weighted by Crippen LogP contribution is 2.37. The Morgan fingerprint density at radius 3 is 2.44 bits per heavy atom. The van der Waals surface area contributed by atoms with Crippen LogP contribution in [0.4, 0.5) is 14.5 Å². The van der Waals surface area contributed by atoms with Crippen LogP contribution in [0.15, 0.2) is 6.07 Å². The first-order valence-corrected chi connectivity index (χ1v) is 4.06. The minimum absolute atomic E-state index is 0.313. The van der Waals surface area contributed by atoms with Crippen molar-refractivity contribution in [2.45, 2.75) is 6.43 Å². The van der Waals surface area contributed by atoms with Crippen LogP contribution in [0.25, 0.3) is 0 Å². The maximum atomic E-state index is 12.4. The predicted octanol–water partition coefficient (Wildman–Crippen LogP) is 1.94. The van der Waals surface area contributed by atoms with Gasteiger partial charge in [-0.05, 0) is 0 Å². The van der Waals surface area contributed by atoms with E-state index in [0.717, 1.165) is 20.3 Å². The second-order valence-corrected chi connectivity index (χ2v) is 2.67. The van der Waals surface area contributed by atoms with E-state index >= 15 is 0 Å². The maximum Gasteiger partial charge on any atom is 0.372 e. The van der Waals surface area contributed by atoms with Gasteiger partial charge in [0.15, 0.2) is 0 Å². The predicted molar refractivity (Wildman–Crippen MR) is 49.0 cm³/mol. The van der Waals surface area contributed by atoms with Crippen LogP contribution >= 0.6 is 0 Å². The van der Waals surface area contributed by atoms with Gasteiger partial charge in [-0.3, -0.25) is 10.1 Å². The minimum atomic E-state index is -2.86. The van der Waals surface area contributed by atoms with Crippen LogP contribution in [0.3, 0.4) is 0 Å². The molecule has 0 N–H and O–H groups in total. The van der Waals surface area contributed by atoms with Crippen LogP contribution in [-0.4, -0.2) is 24.1 Å². The molecular weight excluding hydrogens is 226 g/mol. The molecule has 0 aliphatic carbocycles. The minimum Gasteiger partial charge on any atom is -0.490 e. The van der Waals surface area contributed by atoms with E-state index in [1.54, 1.807) is 0 Å². The normalized spacial score (nSPS) is 10.3. The summed E-state index contributed by atoms with van der Waals surface area (Å²) in [6.45, 7) is 0. The molecule has 16 heavy (non-hydrogen) atoms. The molecule has 6 nitrogen and oxygen atoms in total. The quantitative estimate of drug-likeness (QED) is 0.587. The Morgan fingerprint density at radius 1 is 1.44 bits per heavy atom. The van der Waals surface area contributed by atoms with Crippen molar-refractivity contribution in [2.24, 2.45) is 0 Å². The van der Waals surface area contributed by atoms with E-state index in [0.29, 0.717) is 0 Å². The lowest BCUT2D eigenvalue weighted by Crippen LogP contribution is -2.02. The van der Waals surface area contributed by atoms with Gasteiger partial charge in [-0.15, -0.1) is 0 Å². The van der Waals surface area contributed by atoms with Gasteiger partial charge in [0.05, 0.1) is 19.1 Å². The second-order valence-electron chi connectivity index (χ2n) is 2.67. The first kappa shape index (κ1) is 12.1. The molecule has 0 spiro atoms. The lowest BCUT2D eigenvalue weighted by Gasteiger charge is -2.07. The highest BCUT2D eigenvalue weighted by Gasteiger charge is 2.27. The first-order valence-electron chi connectivity index (χ1n) is 4.06. The molecule has 0 aromatic carbocycles. The van der Waals surface area contributed by atoms with Gasteiger partial charge in [0.1, 0.15) is 5.69 Å². The summed E-state index contributed by atoms with van der Waals surface area (Å²) >= 11 is 0. The number of nitrogens with zero attached hydrogens (tertiary/aromatic N) is 2. The van der Waals surface area contributed by atoms with Crippen LogP contribution in [0.1, 0.15) is 12.1 Å². The summed E-state index contributed by atoms with van der Waals surface area (Å²) in [5.74, 6) is -0.813. The molecule has 1 heterocycles. The number of pyridine rings is 1. The summed E-state index contributed by atoms with van der Waals surface area (Å²) in [5, 5.41) is 10.7. The molecule has 0 atom stereocenters. The number of nitro groups is 1. The summed E-state index contributed by atoms with van der Waals surface area (Å²) < 4.78 is 34.0. The number of hydrogen-bond donors (Lipinski definition) is 0. The van der Waals surface area contributed by atoms with Crippen molar-refractivity contribution >= 4 is 5.69 Å². The fraction of sp³-hybridized carbons (Fsp3) is 0.375. The highest BCUT2D eigenvalue weighted by molar-refractivity contribution is 5.54. The molecule has 1 rings (SSSR count). The molecule has 0 aliphatic heterocycles. The van der Waals surface area contributed by atoms with Gasteiger partial charge in [0, 0.05) is 6.07 Å². The van der Waals surface area contributed by atoms with E-state index in [2.05, 4.69) is 14.5 Å². The Bertz CT molecular complexity index is 386. The molecular formula is C8H8F2N2O4. The van der Waals surface area contributed by atoms with E-state index in [1.165, 1.54) is 0 Å². The van der Waals surface area contributed by atoms with Gasteiger partial charge < -0.3 is 9.47 Å². The summed E-state index contributed by atoms with van der Waals surface area (Å²) in [6.07, 6.45) is -2.86. The van der Waals surface area contributed by atoms with Gasteiger partial charge >= 0.3 is 5.69 Å². The monoisotopic (exact) mass is 234 g/mol. The number of aromatic nitrogens is 1. The van der Waals surface area contributed by atoms with Crippen molar-refractivity contribution in [3.8, 4) is 11.6 Å². The van der Waals surface area contributed by atoms with Crippen molar-refractivity contribution in [3.05, 3.63) is 21.9 Å². The third-order valence-corrected chi connectivity index (χ3v) is 1.77. The van der Waals surface area contributed by atoms with Gasteiger partial charge in [-0.2, -0.15) is 0 Å². The number of rotatable bonds is 4. The number of hydrogen-bond acceptors (Lipinski definition) is 5. The molecule has 0 saturated heterocycles. The van der Waals surface area contributed by atoms with Crippen molar-refractivity contribution in [1.29, 1.82) is 0 Å². The van der Waals surface area contributed by atoms with Gasteiger partial charge in [-0.25, -0.2) is 13.8 Å². The Hall–Kier alpha value is -1.99. The molecule has 0 fully saturated rings. The standard InChI is InChI=1S/C8H8F2N2O4/c1-15-5-3-4(7(9)10)11-8(16-2)6(5)12(13)14/h3,7H,1-2H3. The average Bonchev–Trinajstić information content (AvgIpc) is 2.26. The number of methoxy groups -OCH3 is 2. The van der Waals surface area contributed by atoms with Crippen molar-refractivity contribution in [2.75, 3.05) is 14.2 Å². The molecule has 0 radical (unpaired) electrons. The number of alkyl halides is 2.